The number of hydrogen-bond donors (Lipinski definition) is 0. The van der Waals surface area contributed by atoms with Gasteiger partial charge in [-0.1, -0.05) is 50.6 Å². The van der Waals surface area contributed by atoms with Crippen molar-refractivity contribution < 1.29 is 0 Å². The first kappa shape index (κ1) is 23.2. The van der Waals surface area contributed by atoms with Gasteiger partial charge in [0.2, 0.25) is 0 Å². The van der Waals surface area contributed by atoms with Crippen molar-refractivity contribution in [1.29, 1.82) is 0 Å². The third kappa shape index (κ3) is 4.08. The molecule has 5 aliphatic rings. The van der Waals surface area contributed by atoms with Gasteiger partial charge in [-0.05, 0) is 101 Å². The van der Waals surface area contributed by atoms with Gasteiger partial charge >= 0.3 is 0 Å². The molecule has 0 spiro atoms. The molecule has 6 rings (SSSR count). The Morgan fingerprint density at radius 1 is 0.474 bits per heavy atom. The highest BCUT2D eigenvalue weighted by Gasteiger charge is 2.22. The molecule has 180 valence electrons. The maximum Gasteiger partial charge on any atom is 0.0737 e. The van der Waals surface area contributed by atoms with E-state index in [0.29, 0.717) is 0 Å². The van der Waals surface area contributed by atoms with E-state index in [1.807, 2.05) is 85.1 Å². The molecule has 38 heavy (non-hydrogen) atoms. The van der Waals surface area contributed by atoms with Gasteiger partial charge in [0.15, 0.2) is 0 Å². The van der Waals surface area contributed by atoms with E-state index in [9.17, 15) is 0 Å². The third-order valence-electron chi connectivity index (χ3n) is 6.64. The van der Waals surface area contributed by atoms with Crippen molar-refractivity contribution in [3.05, 3.63) is 150 Å². The number of aliphatic imine (C=N–C) groups is 4. The van der Waals surface area contributed by atoms with Gasteiger partial charge in [0, 0.05) is 5.57 Å². The summed E-state index contributed by atoms with van der Waals surface area (Å²) in [5, 5.41) is 0. The zero-order chi connectivity index (χ0) is 26.2. The van der Waals surface area contributed by atoms with E-state index in [1.54, 1.807) is 0 Å². The first-order valence-corrected chi connectivity index (χ1v) is 12.3. The van der Waals surface area contributed by atoms with Crippen molar-refractivity contribution in [2.45, 2.75) is 0 Å². The van der Waals surface area contributed by atoms with Crippen LogP contribution in [-0.4, -0.2) is 22.8 Å². The van der Waals surface area contributed by atoms with E-state index in [1.165, 1.54) is 0 Å². The lowest BCUT2D eigenvalue weighted by molar-refractivity contribution is 1.40. The Hall–Kier alpha value is -5.22. The molecule has 0 saturated heterocycles. The van der Waals surface area contributed by atoms with Crippen LogP contribution in [0.2, 0.25) is 0 Å². The Kier molecular flexibility index (Phi) is 5.70. The van der Waals surface area contributed by atoms with Crippen molar-refractivity contribution in [3.8, 4) is 0 Å². The highest BCUT2D eigenvalue weighted by atomic mass is 14.8. The minimum Gasteiger partial charge on any atom is -0.249 e. The summed E-state index contributed by atoms with van der Waals surface area (Å²) in [4.78, 5) is 19.2. The van der Waals surface area contributed by atoms with E-state index in [2.05, 4.69) is 43.5 Å². The quantitative estimate of drug-likeness (QED) is 0.408. The van der Waals surface area contributed by atoms with Crippen LogP contribution in [0.1, 0.15) is 27.8 Å². The third-order valence-corrected chi connectivity index (χ3v) is 6.64. The van der Waals surface area contributed by atoms with Crippen molar-refractivity contribution in [2.24, 2.45) is 20.0 Å². The second kappa shape index (κ2) is 9.34. The Morgan fingerprint density at radius 3 is 1.53 bits per heavy atom. The average Bonchev–Trinajstić information content (AvgIpc) is 3.72. The zero-order valence-corrected chi connectivity index (χ0v) is 20.9. The molecule has 1 aromatic carbocycles. The van der Waals surface area contributed by atoms with Crippen LogP contribution in [0.3, 0.4) is 0 Å². The summed E-state index contributed by atoms with van der Waals surface area (Å²) in [5.41, 5.74) is 12.5. The first-order valence-electron chi connectivity index (χ1n) is 12.3. The molecular weight excluding hydrogens is 464 g/mol. The largest absolute Gasteiger partial charge is 0.249 e. The Bertz CT molecular complexity index is 1740. The number of rotatable bonds is 5. The van der Waals surface area contributed by atoms with Crippen LogP contribution in [0.5, 0.6) is 0 Å². The van der Waals surface area contributed by atoms with Crippen LogP contribution in [0.4, 0.5) is 0 Å². The number of hydrogen-bond acceptors (Lipinski definition) is 4. The van der Waals surface area contributed by atoms with Crippen LogP contribution in [0.25, 0.3) is 29.9 Å². The van der Waals surface area contributed by atoms with Crippen molar-refractivity contribution >= 4 is 52.7 Å². The molecule has 4 nitrogen and oxygen atoms in total. The molecular formula is C34H24N4. The van der Waals surface area contributed by atoms with E-state index in [4.69, 9.17) is 15.0 Å². The van der Waals surface area contributed by atoms with Crippen LogP contribution >= 0.6 is 0 Å². The first-order chi connectivity index (χ1) is 18.6. The maximum atomic E-state index is 4.99. The highest BCUT2D eigenvalue weighted by Crippen LogP contribution is 2.38. The number of nitrogens with zero attached hydrogens (tertiary/aromatic N) is 4. The summed E-state index contributed by atoms with van der Waals surface area (Å²) in [7, 11) is 0. The topological polar surface area (TPSA) is 49.4 Å². The molecule has 5 heterocycles. The molecule has 4 heteroatoms. The zero-order valence-electron chi connectivity index (χ0n) is 20.9. The monoisotopic (exact) mass is 488 g/mol. The highest BCUT2D eigenvalue weighted by molar-refractivity contribution is 6.19. The van der Waals surface area contributed by atoms with Gasteiger partial charge in [0.25, 0.3) is 0 Å². The Balaban J connectivity index is 1.57. The standard InChI is InChI=1S/C34H24N4/c1-5-21-15-32(31(8-4)30(7-3)29(21)6-2)33-19-28-18-26-12-11-24(36-26)16-22-9-10-23(35-22)17-25-13-14-27(37-25)20-34(33)38-28/h5-20H,1-4H2. The van der Waals surface area contributed by atoms with Gasteiger partial charge in [0.1, 0.15) is 0 Å². The second-order valence-electron chi connectivity index (χ2n) is 9.01. The molecule has 8 bridgehead atoms. The molecule has 0 fully saturated rings. The van der Waals surface area contributed by atoms with E-state index >= 15 is 0 Å². The molecule has 1 aromatic rings. The van der Waals surface area contributed by atoms with Gasteiger partial charge < -0.3 is 0 Å². The van der Waals surface area contributed by atoms with Gasteiger partial charge in [-0.3, -0.25) is 0 Å². The molecule has 0 aliphatic carbocycles. The molecule has 0 aromatic heterocycles. The Morgan fingerprint density at radius 2 is 1.00 bits per heavy atom. The molecule has 0 N–H and O–H groups in total. The lowest BCUT2D eigenvalue weighted by Crippen LogP contribution is -1.99. The number of benzene rings is 1. The van der Waals surface area contributed by atoms with Crippen LogP contribution in [0, 0.1) is 0 Å². The van der Waals surface area contributed by atoms with Crippen LogP contribution in [-0.2, 0) is 0 Å². The molecule has 5 aliphatic heterocycles. The van der Waals surface area contributed by atoms with Gasteiger partial charge in [-0.25, -0.2) is 20.0 Å². The van der Waals surface area contributed by atoms with Gasteiger partial charge in [-0.15, -0.1) is 0 Å². The molecule has 0 saturated carbocycles. The molecule has 0 unspecified atom stereocenters. The molecule has 0 radical (unpaired) electrons. The normalized spacial score (nSPS) is 18.5. The van der Waals surface area contributed by atoms with E-state index < -0.39 is 0 Å². The summed E-state index contributed by atoms with van der Waals surface area (Å²) in [6.07, 6.45) is 29.3. The SMILES string of the molecule is C=Cc1cc(C2=CC3=NC2=CC2=NC(=CC4=NC(=CC5=NC(=C3)C=C5)C=C4)C=C2)c(C=C)c(C=C)c1C=C. The lowest BCUT2D eigenvalue weighted by Gasteiger charge is -2.17. The van der Waals surface area contributed by atoms with Gasteiger partial charge in [-0.2, -0.15) is 0 Å². The molecule has 0 atom stereocenters. The fraction of sp³-hybridized carbons (Fsp3) is 0. The average molecular weight is 489 g/mol. The second-order valence-corrected chi connectivity index (χ2v) is 9.01. The lowest BCUT2D eigenvalue weighted by atomic mass is 9.87. The summed E-state index contributed by atoms with van der Waals surface area (Å²) >= 11 is 0. The fourth-order valence-electron chi connectivity index (χ4n) is 4.93. The minimum atomic E-state index is 0.804. The fourth-order valence-corrected chi connectivity index (χ4v) is 4.93. The summed E-state index contributed by atoms with van der Waals surface area (Å²) < 4.78 is 0. The predicted molar refractivity (Wildman–Crippen MR) is 164 cm³/mol. The predicted octanol–water partition coefficient (Wildman–Crippen LogP) is 7.68. The van der Waals surface area contributed by atoms with E-state index in [0.717, 1.165) is 79.0 Å². The number of allylic oxidation sites excluding steroid dienone is 12. The summed E-state index contributed by atoms with van der Waals surface area (Å²) in [6, 6.07) is 2.11. The smallest absolute Gasteiger partial charge is 0.0737 e. The Labute approximate surface area is 222 Å². The summed E-state index contributed by atoms with van der Waals surface area (Å²) in [6.45, 7) is 16.2. The van der Waals surface area contributed by atoms with Crippen LogP contribution < -0.4 is 0 Å². The van der Waals surface area contributed by atoms with Crippen molar-refractivity contribution in [1.82, 2.24) is 0 Å². The number of fused-ring (bicyclic) bond motifs is 4. The van der Waals surface area contributed by atoms with Crippen molar-refractivity contribution in [2.75, 3.05) is 0 Å². The minimum absolute atomic E-state index is 0.804. The molecule has 0 amide bonds. The van der Waals surface area contributed by atoms with E-state index in [-0.39, 0.29) is 0 Å². The summed E-state index contributed by atoms with van der Waals surface area (Å²) in [5.74, 6) is 0. The van der Waals surface area contributed by atoms with Crippen LogP contribution in [0.15, 0.2) is 142 Å². The van der Waals surface area contributed by atoms with Gasteiger partial charge in [0.05, 0.1) is 45.6 Å². The van der Waals surface area contributed by atoms with Crippen molar-refractivity contribution in [3.63, 3.8) is 0 Å². The maximum absolute atomic E-state index is 4.99.